The van der Waals surface area contributed by atoms with Gasteiger partial charge in [0.2, 0.25) is 0 Å². The van der Waals surface area contributed by atoms with Crippen molar-refractivity contribution in [1.82, 2.24) is 15.5 Å². The molecule has 1 unspecified atom stereocenters. The molecule has 1 aliphatic rings. The molecule has 1 heterocycles. The van der Waals surface area contributed by atoms with Gasteiger partial charge in [-0.3, -0.25) is 4.79 Å². The van der Waals surface area contributed by atoms with Crippen molar-refractivity contribution in [3.63, 3.8) is 0 Å². The van der Waals surface area contributed by atoms with E-state index in [2.05, 4.69) is 26.6 Å². The lowest BCUT2D eigenvalue weighted by atomic mass is 10.0. The van der Waals surface area contributed by atoms with Gasteiger partial charge >= 0.3 is 6.03 Å². The number of piperidine rings is 1. The van der Waals surface area contributed by atoms with Gasteiger partial charge in [0.25, 0.3) is 5.91 Å². The van der Waals surface area contributed by atoms with Crippen molar-refractivity contribution in [2.45, 2.75) is 31.8 Å². The second kappa shape index (κ2) is 9.04. The Morgan fingerprint density at radius 3 is 2.33 bits per heavy atom. The Balaban J connectivity index is 1.48. The zero-order valence-corrected chi connectivity index (χ0v) is 16.9. The van der Waals surface area contributed by atoms with E-state index >= 15 is 0 Å². The summed E-state index contributed by atoms with van der Waals surface area (Å²) in [7, 11) is 0. The fourth-order valence-electron chi connectivity index (χ4n) is 3.27. The summed E-state index contributed by atoms with van der Waals surface area (Å²) in [5, 5.41) is 6.12. The van der Waals surface area contributed by atoms with Crippen LogP contribution in [0.5, 0.6) is 0 Å². The van der Waals surface area contributed by atoms with Gasteiger partial charge in [-0.2, -0.15) is 0 Å². The van der Waals surface area contributed by atoms with Gasteiger partial charge in [-0.25, -0.2) is 4.79 Å². The molecule has 2 aromatic carbocycles. The molecule has 0 spiro atoms. The van der Waals surface area contributed by atoms with Gasteiger partial charge in [-0.15, -0.1) is 0 Å². The van der Waals surface area contributed by atoms with Crippen molar-refractivity contribution in [3.05, 3.63) is 70.2 Å². The van der Waals surface area contributed by atoms with Crippen LogP contribution < -0.4 is 10.6 Å². The zero-order chi connectivity index (χ0) is 19.2. The predicted molar refractivity (Wildman–Crippen MR) is 110 cm³/mol. The van der Waals surface area contributed by atoms with E-state index in [-0.39, 0.29) is 24.0 Å². The van der Waals surface area contributed by atoms with Crippen LogP contribution in [0.2, 0.25) is 0 Å². The summed E-state index contributed by atoms with van der Waals surface area (Å²) in [6.45, 7) is 3.24. The molecule has 0 aliphatic carbocycles. The molecule has 2 aromatic rings. The molecule has 0 radical (unpaired) electrons. The fourth-order valence-corrected chi connectivity index (χ4v) is 3.89. The normalized spacial score (nSPS) is 15.9. The summed E-state index contributed by atoms with van der Waals surface area (Å²) in [6, 6.07) is 17.1. The largest absolute Gasteiger partial charge is 0.349 e. The highest BCUT2D eigenvalue weighted by Gasteiger charge is 2.25. The minimum atomic E-state index is -0.0800. The Hall–Kier alpha value is -2.34. The molecule has 0 aromatic heterocycles. The lowest BCUT2D eigenvalue weighted by Gasteiger charge is -2.33. The first-order chi connectivity index (χ1) is 13.0. The van der Waals surface area contributed by atoms with E-state index in [1.165, 1.54) is 0 Å². The van der Waals surface area contributed by atoms with Crippen LogP contribution in [0.4, 0.5) is 4.79 Å². The molecular formula is C21H24BrN3O2. The van der Waals surface area contributed by atoms with Gasteiger partial charge in [0.05, 0.1) is 6.04 Å². The van der Waals surface area contributed by atoms with Crippen molar-refractivity contribution in [1.29, 1.82) is 0 Å². The number of nitrogens with zero attached hydrogens (tertiary/aromatic N) is 1. The van der Waals surface area contributed by atoms with E-state index in [4.69, 9.17) is 0 Å². The van der Waals surface area contributed by atoms with Gasteiger partial charge < -0.3 is 15.5 Å². The summed E-state index contributed by atoms with van der Waals surface area (Å²) in [5.74, 6) is -0.0546. The Kier molecular flexibility index (Phi) is 6.50. The van der Waals surface area contributed by atoms with E-state index in [0.29, 0.717) is 18.7 Å². The summed E-state index contributed by atoms with van der Waals surface area (Å²) < 4.78 is 0.986. The lowest BCUT2D eigenvalue weighted by Crippen LogP contribution is -2.49. The van der Waals surface area contributed by atoms with Crippen molar-refractivity contribution in [2.75, 3.05) is 13.1 Å². The van der Waals surface area contributed by atoms with Crippen LogP contribution in [0.3, 0.4) is 0 Å². The summed E-state index contributed by atoms with van der Waals surface area (Å²) >= 11 is 3.53. The highest BCUT2D eigenvalue weighted by Crippen LogP contribution is 2.23. The third-order valence-electron chi connectivity index (χ3n) is 4.87. The number of rotatable bonds is 4. The number of amides is 3. The number of likely N-dealkylation sites (tertiary alicyclic amines) is 1. The molecule has 2 N–H and O–H groups in total. The van der Waals surface area contributed by atoms with Crippen LogP contribution in [0.1, 0.15) is 41.7 Å². The summed E-state index contributed by atoms with van der Waals surface area (Å²) in [4.78, 5) is 26.6. The average Bonchev–Trinajstić information content (AvgIpc) is 2.69. The molecule has 5 nitrogen and oxygen atoms in total. The van der Waals surface area contributed by atoms with Crippen LogP contribution in [0, 0.1) is 0 Å². The third-order valence-corrected chi connectivity index (χ3v) is 5.59. The fraction of sp³-hybridized carbons (Fsp3) is 0.333. The molecule has 142 valence electrons. The average molecular weight is 430 g/mol. The van der Waals surface area contributed by atoms with E-state index in [1.54, 1.807) is 12.1 Å². The van der Waals surface area contributed by atoms with E-state index < -0.39 is 0 Å². The quantitative estimate of drug-likeness (QED) is 0.767. The number of halogens is 1. The van der Waals surface area contributed by atoms with Crippen LogP contribution in [-0.2, 0) is 0 Å². The van der Waals surface area contributed by atoms with E-state index in [1.807, 2.05) is 54.3 Å². The Morgan fingerprint density at radius 2 is 1.67 bits per heavy atom. The van der Waals surface area contributed by atoms with Crippen LogP contribution >= 0.6 is 15.9 Å². The Bertz CT molecular complexity index is 789. The minimum absolute atomic E-state index is 0.0546. The number of urea groups is 1. The standard InChI is InChI=1S/C21H24BrN3O2/c1-15(18-9-5-6-10-19(18)22)23-21(27)25-13-11-17(12-14-25)24-20(26)16-7-3-2-4-8-16/h2-10,15,17H,11-14H2,1H3,(H,23,27)(H,24,26). The molecule has 1 fully saturated rings. The van der Waals surface area contributed by atoms with Gasteiger partial charge in [-0.1, -0.05) is 52.3 Å². The topological polar surface area (TPSA) is 61.4 Å². The highest BCUT2D eigenvalue weighted by atomic mass is 79.9. The van der Waals surface area contributed by atoms with Gasteiger partial charge in [0, 0.05) is 29.2 Å². The van der Waals surface area contributed by atoms with E-state index in [0.717, 1.165) is 22.9 Å². The molecule has 0 saturated carbocycles. The number of nitrogens with one attached hydrogen (secondary N) is 2. The Morgan fingerprint density at radius 1 is 1.04 bits per heavy atom. The van der Waals surface area contributed by atoms with Gasteiger partial charge in [-0.05, 0) is 43.5 Å². The lowest BCUT2D eigenvalue weighted by molar-refractivity contribution is 0.0917. The van der Waals surface area contributed by atoms with Crippen LogP contribution in [0.25, 0.3) is 0 Å². The third kappa shape index (κ3) is 5.10. The van der Waals surface area contributed by atoms with Crippen LogP contribution in [0.15, 0.2) is 59.1 Å². The number of hydrogen-bond donors (Lipinski definition) is 2. The first-order valence-corrected chi connectivity index (χ1v) is 9.99. The zero-order valence-electron chi connectivity index (χ0n) is 15.3. The second-order valence-electron chi connectivity index (χ2n) is 6.79. The van der Waals surface area contributed by atoms with Crippen molar-refractivity contribution in [2.24, 2.45) is 0 Å². The predicted octanol–water partition coefficient (Wildman–Crippen LogP) is 4.11. The van der Waals surface area contributed by atoms with Crippen LogP contribution in [-0.4, -0.2) is 36.0 Å². The molecule has 1 aliphatic heterocycles. The molecular weight excluding hydrogens is 406 g/mol. The number of carbonyl (C=O) groups is 2. The van der Waals surface area contributed by atoms with Crippen molar-refractivity contribution < 1.29 is 9.59 Å². The molecule has 27 heavy (non-hydrogen) atoms. The Labute approximate surface area is 168 Å². The maximum Gasteiger partial charge on any atom is 0.317 e. The molecule has 1 atom stereocenters. The first-order valence-electron chi connectivity index (χ1n) is 9.20. The smallest absolute Gasteiger partial charge is 0.317 e. The first kappa shape index (κ1) is 19.4. The number of carbonyl (C=O) groups excluding carboxylic acids is 2. The molecule has 0 bridgehead atoms. The van der Waals surface area contributed by atoms with Crippen molar-refractivity contribution in [3.8, 4) is 0 Å². The number of hydrogen-bond acceptors (Lipinski definition) is 2. The monoisotopic (exact) mass is 429 g/mol. The molecule has 6 heteroatoms. The number of benzene rings is 2. The van der Waals surface area contributed by atoms with Crippen molar-refractivity contribution >= 4 is 27.9 Å². The molecule has 3 rings (SSSR count). The van der Waals surface area contributed by atoms with Gasteiger partial charge in [0.1, 0.15) is 0 Å². The SMILES string of the molecule is CC(NC(=O)N1CCC(NC(=O)c2ccccc2)CC1)c1ccccc1Br. The summed E-state index contributed by atoms with van der Waals surface area (Å²) in [5.41, 5.74) is 1.72. The molecule has 1 saturated heterocycles. The molecule has 3 amide bonds. The minimum Gasteiger partial charge on any atom is -0.349 e. The highest BCUT2D eigenvalue weighted by molar-refractivity contribution is 9.10. The second-order valence-corrected chi connectivity index (χ2v) is 7.65. The van der Waals surface area contributed by atoms with Gasteiger partial charge in [0.15, 0.2) is 0 Å². The maximum atomic E-state index is 12.6. The summed E-state index contributed by atoms with van der Waals surface area (Å²) in [6.07, 6.45) is 1.52. The maximum absolute atomic E-state index is 12.6. The van der Waals surface area contributed by atoms with E-state index in [9.17, 15) is 9.59 Å².